The van der Waals surface area contributed by atoms with E-state index in [-0.39, 0.29) is 24.9 Å². The van der Waals surface area contributed by atoms with E-state index in [1.165, 1.54) is 4.90 Å². The molecule has 2 amide bonds. The minimum Gasteiger partial charge on any atom is -0.352 e. The van der Waals surface area contributed by atoms with Gasteiger partial charge in [-0.15, -0.1) is 0 Å². The summed E-state index contributed by atoms with van der Waals surface area (Å²) in [5.74, 6) is -0.788. The van der Waals surface area contributed by atoms with Gasteiger partial charge in [0.25, 0.3) is 0 Å². The second-order valence-electron chi connectivity index (χ2n) is 11.4. The van der Waals surface area contributed by atoms with Gasteiger partial charge in [0.05, 0.1) is 11.9 Å². The van der Waals surface area contributed by atoms with Crippen LogP contribution in [0.25, 0.3) is 0 Å². The monoisotopic (exact) mass is 643 g/mol. The first-order valence-corrected chi connectivity index (χ1v) is 17.2. The lowest BCUT2D eigenvalue weighted by molar-refractivity contribution is -0.140. The molecule has 0 bridgehead atoms. The van der Waals surface area contributed by atoms with Crippen LogP contribution in [0.5, 0.6) is 0 Å². The smallest absolute Gasteiger partial charge is 0.244 e. The number of hydrogen-bond donors (Lipinski definition) is 1. The number of benzene rings is 3. The number of aryl methyl sites for hydroxylation is 2. The number of halogens is 2. The lowest BCUT2D eigenvalue weighted by atomic mass is 9.94. The molecule has 1 unspecified atom stereocenters. The highest BCUT2D eigenvalue weighted by Crippen LogP contribution is 2.27. The number of carbonyl (C=O) groups excluding carboxylic acids is 2. The fourth-order valence-electron chi connectivity index (χ4n) is 5.51. The van der Waals surface area contributed by atoms with Crippen molar-refractivity contribution in [2.75, 3.05) is 17.1 Å². The van der Waals surface area contributed by atoms with Crippen molar-refractivity contribution in [2.24, 2.45) is 0 Å². The molecule has 4 rings (SSSR count). The van der Waals surface area contributed by atoms with E-state index in [1.807, 2.05) is 49.4 Å². The van der Waals surface area contributed by atoms with Gasteiger partial charge >= 0.3 is 0 Å². The third-order valence-electron chi connectivity index (χ3n) is 7.89. The predicted molar refractivity (Wildman–Crippen MR) is 174 cm³/mol. The SMILES string of the molecule is Cc1ccc(C)c(N(CC(=O)N(Cc2ccc(Cl)cc2Cl)C(Cc2ccccc2)C(=O)NC2CCCCC2)S(C)(=O)=O)c1. The molecule has 230 valence electrons. The van der Waals surface area contributed by atoms with E-state index in [1.54, 1.807) is 31.2 Å². The second-order valence-corrected chi connectivity index (χ2v) is 14.1. The maximum Gasteiger partial charge on any atom is 0.244 e. The molecule has 10 heteroatoms. The second kappa shape index (κ2) is 14.6. The maximum absolute atomic E-state index is 14.4. The maximum atomic E-state index is 14.4. The van der Waals surface area contributed by atoms with Crippen molar-refractivity contribution in [1.29, 1.82) is 0 Å². The van der Waals surface area contributed by atoms with Crippen LogP contribution in [0.1, 0.15) is 54.4 Å². The zero-order valence-electron chi connectivity index (χ0n) is 24.9. The predicted octanol–water partition coefficient (Wildman–Crippen LogP) is 6.47. The van der Waals surface area contributed by atoms with E-state index in [2.05, 4.69) is 5.32 Å². The Hall–Kier alpha value is -3.07. The molecule has 0 radical (unpaired) electrons. The minimum absolute atomic E-state index is 0.00513. The minimum atomic E-state index is -3.86. The Morgan fingerprint density at radius 2 is 1.65 bits per heavy atom. The van der Waals surface area contributed by atoms with E-state index in [0.29, 0.717) is 26.9 Å². The van der Waals surface area contributed by atoms with Gasteiger partial charge in [0.15, 0.2) is 0 Å². The Labute approximate surface area is 265 Å². The molecule has 0 saturated heterocycles. The van der Waals surface area contributed by atoms with Crippen LogP contribution in [-0.4, -0.2) is 50.0 Å². The molecular weight excluding hydrogens is 605 g/mol. The van der Waals surface area contributed by atoms with Gasteiger partial charge in [-0.05, 0) is 67.1 Å². The molecule has 0 heterocycles. The van der Waals surface area contributed by atoms with Crippen molar-refractivity contribution in [3.8, 4) is 0 Å². The van der Waals surface area contributed by atoms with Crippen molar-refractivity contribution in [3.05, 3.63) is 99.0 Å². The molecule has 1 atom stereocenters. The molecule has 1 fully saturated rings. The highest BCUT2D eigenvalue weighted by molar-refractivity contribution is 7.92. The molecule has 43 heavy (non-hydrogen) atoms. The lowest BCUT2D eigenvalue weighted by Crippen LogP contribution is -2.55. The summed E-state index contributed by atoms with van der Waals surface area (Å²) in [5.41, 5.74) is 3.47. The summed E-state index contributed by atoms with van der Waals surface area (Å²) < 4.78 is 27.3. The molecule has 7 nitrogen and oxygen atoms in total. The summed E-state index contributed by atoms with van der Waals surface area (Å²) in [4.78, 5) is 29.9. The third kappa shape index (κ3) is 8.97. The van der Waals surface area contributed by atoms with Crippen LogP contribution < -0.4 is 9.62 Å². The van der Waals surface area contributed by atoms with Gasteiger partial charge in [0.1, 0.15) is 12.6 Å². The molecule has 0 spiro atoms. The third-order valence-corrected chi connectivity index (χ3v) is 9.60. The van der Waals surface area contributed by atoms with Crippen LogP contribution in [0.2, 0.25) is 10.0 Å². The topological polar surface area (TPSA) is 86.8 Å². The number of sulfonamides is 1. The number of rotatable bonds is 11. The van der Waals surface area contributed by atoms with Gasteiger partial charge < -0.3 is 10.2 Å². The van der Waals surface area contributed by atoms with Crippen molar-refractivity contribution < 1.29 is 18.0 Å². The van der Waals surface area contributed by atoms with Crippen molar-refractivity contribution in [3.63, 3.8) is 0 Å². The standard InChI is InChI=1S/C33H39Cl2N3O4S/c1-23-14-15-24(2)30(18-23)38(43(3,41)42)22-32(39)37(21-26-16-17-27(34)20-29(26)35)31(19-25-10-6-4-7-11-25)33(40)36-28-12-8-5-9-13-28/h4,6-7,10-11,14-18,20,28,31H,5,8-9,12-13,19,21-22H2,1-3H3,(H,36,40). The van der Waals surface area contributed by atoms with E-state index >= 15 is 0 Å². The first kappa shape index (κ1) is 32.8. The number of hydrogen-bond acceptors (Lipinski definition) is 4. The Morgan fingerprint density at radius 3 is 2.30 bits per heavy atom. The Bertz CT molecular complexity index is 1540. The molecule has 0 aliphatic heterocycles. The van der Waals surface area contributed by atoms with E-state index < -0.39 is 28.5 Å². The normalized spacial score (nSPS) is 14.6. The van der Waals surface area contributed by atoms with Crippen LogP contribution in [0, 0.1) is 13.8 Å². The Balaban J connectivity index is 1.76. The van der Waals surface area contributed by atoms with E-state index in [4.69, 9.17) is 23.2 Å². The number of anilines is 1. The first-order valence-electron chi connectivity index (χ1n) is 14.5. The fraction of sp³-hybridized carbons (Fsp3) is 0.394. The molecule has 1 aliphatic carbocycles. The summed E-state index contributed by atoms with van der Waals surface area (Å²) in [6, 6.07) is 19.1. The highest BCUT2D eigenvalue weighted by Gasteiger charge is 2.34. The summed E-state index contributed by atoms with van der Waals surface area (Å²) in [6.45, 7) is 3.19. The molecule has 3 aromatic rings. The summed E-state index contributed by atoms with van der Waals surface area (Å²) in [7, 11) is -3.86. The number of nitrogens with zero attached hydrogens (tertiary/aromatic N) is 2. The van der Waals surface area contributed by atoms with Crippen LogP contribution in [0.4, 0.5) is 5.69 Å². The molecule has 0 aromatic heterocycles. The largest absolute Gasteiger partial charge is 0.352 e. The lowest BCUT2D eigenvalue weighted by Gasteiger charge is -2.35. The Morgan fingerprint density at radius 1 is 0.953 bits per heavy atom. The van der Waals surface area contributed by atoms with Gasteiger partial charge in [-0.2, -0.15) is 0 Å². The summed E-state index contributed by atoms with van der Waals surface area (Å²) in [5, 5.41) is 3.99. The summed E-state index contributed by atoms with van der Waals surface area (Å²) >= 11 is 12.7. The van der Waals surface area contributed by atoms with Crippen LogP contribution in [0.3, 0.4) is 0 Å². The highest BCUT2D eigenvalue weighted by atomic mass is 35.5. The molecule has 1 saturated carbocycles. The molecular formula is C33H39Cl2N3O4S. The average Bonchev–Trinajstić information content (AvgIpc) is 2.96. The molecule has 3 aromatic carbocycles. The van der Waals surface area contributed by atoms with Gasteiger partial charge in [-0.1, -0.05) is 91.0 Å². The number of nitrogens with one attached hydrogen (secondary N) is 1. The van der Waals surface area contributed by atoms with Gasteiger partial charge in [0, 0.05) is 29.1 Å². The quantitative estimate of drug-likeness (QED) is 0.260. The van der Waals surface area contributed by atoms with Crippen LogP contribution in [0.15, 0.2) is 66.7 Å². The number of amides is 2. The molecule has 1 aliphatic rings. The van der Waals surface area contributed by atoms with Crippen molar-refractivity contribution in [1.82, 2.24) is 10.2 Å². The van der Waals surface area contributed by atoms with Gasteiger partial charge in [0.2, 0.25) is 21.8 Å². The van der Waals surface area contributed by atoms with Crippen molar-refractivity contribution in [2.45, 2.75) is 71.0 Å². The zero-order valence-corrected chi connectivity index (χ0v) is 27.2. The first-order chi connectivity index (χ1) is 20.4. The fourth-order valence-corrected chi connectivity index (χ4v) is 6.88. The average molecular weight is 645 g/mol. The van der Waals surface area contributed by atoms with E-state index in [9.17, 15) is 18.0 Å². The van der Waals surface area contributed by atoms with Crippen LogP contribution in [-0.2, 0) is 32.6 Å². The van der Waals surface area contributed by atoms with Crippen molar-refractivity contribution >= 4 is 50.7 Å². The zero-order chi connectivity index (χ0) is 31.1. The Kier molecular flexibility index (Phi) is 11.2. The molecule has 1 N–H and O–H groups in total. The van der Waals surface area contributed by atoms with Crippen LogP contribution >= 0.6 is 23.2 Å². The summed E-state index contributed by atoms with van der Waals surface area (Å²) in [6.07, 6.45) is 6.31. The van der Waals surface area contributed by atoms with Gasteiger partial charge in [-0.3, -0.25) is 13.9 Å². The van der Waals surface area contributed by atoms with E-state index in [0.717, 1.165) is 53.8 Å². The number of carbonyl (C=O) groups is 2. The van der Waals surface area contributed by atoms with Gasteiger partial charge in [-0.25, -0.2) is 8.42 Å².